The predicted molar refractivity (Wildman–Crippen MR) is 97.0 cm³/mol. The largest absolute Gasteiger partial charge is 0.378 e. The average molecular weight is 337 g/mol. The highest BCUT2D eigenvalue weighted by Gasteiger charge is 2.31. The molecule has 2 aliphatic heterocycles. The summed E-state index contributed by atoms with van der Waals surface area (Å²) < 4.78 is 5.74. The molecular formula is C20H36N2O2. The van der Waals surface area contributed by atoms with Crippen LogP contribution in [0.4, 0.5) is 0 Å². The topological polar surface area (TPSA) is 32.8 Å². The summed E-state index contributed by atoms with van der Waals surface area (Å²) in [4.78, 5) is 17.7. The highest BCUT2D eigenvalue weighted by Crippen LogP contribution is 2.26. The zero-order valence-corrected chi connectivity index (χ0v) is 15.5. The van der Waals surface area contributed by atoms with Crippen LogP contribution in [0.5, 0.6) is 0 Å². The van der Waals surface area contributed by atoms with Crippen molar-refractivity contribution in [1.82, 2.24) is 9.80 Å². The average Bonchev–Trinajstić information content (AvgIpc) is 2.87. The first kappa shape index (κ1) is 18.2. The van der Waals surface area contributed by atoms with Gasteiger partial charge in [0.25, 0.3) is 0 Å². The van der Waals surface area contributed by atoms with Crippen molar-refractivity contribution in [2.75, 3.05) is 39.3 Å². The van der Waals surface area contributed by atoms with E-state index in [2.05, 4.69) is 16.7 Å². The van der Waals surface area contributed by atoms with Crippen molar-refractivity contribution in [3.8, 4) is 0 Å². The molecule has 1 aliphatic carbocycles. The minimum absolute atomic E-state index is 0.202. The number of nitrogens with zero attached hydrogens (tertiary/aromatic N) is 2. The molecule has 3 aliphatic rings. The molecule has 2 heterocycles. The molecule has 3 rings (SSSR count). The number of hydrogen-bond donors (Lipinski definition) is 0. The Balaban J connectivity index is 1.46. The summed E-state index contributed by atoms with van der Waals surface area (Å²) in [5.74, 6) is 1.51. The van der Waals surface area contributed by atoms with E-state index in [1.54, 1.807) is 0 Å². The van der Waals surface area contributed by atoms with Crippen molar-refractivity contribution >= 4 is 5.91 Å². The van der Waals surface area contributed by atoms with Crippen LogP contribution in [0.15, 0.2) is 0 Å². The maximum absolute atomic E-state index is 12.9. The lowest BCUT2D eigenvalue weighted by atomic mass is 9.89. The summed E-state index contributed by atoms with van der Waals surface area (Å²) in [6.45, 7) is 8.31. The molecule has 1 amide bonds. The van der Waals surface area contributed by atoms with Gasteiger partial charge in [-0.25, -0.2) is 0 Å². The van der Waals surface area contributed by atoms with Gasteiger partial charge in [-0.15, -0.1) is 0 Å². The molecule has 1 saturated carbocycles. The van der Waals surface area contributed by atoms with Crippen LogP contribution in [0.1, 0.15) is 64.7 Å². The third-order valence-electron chi connectivity index (χ3n) is 6.31. The fourth-order valence-electron chi connectivity index (χ4n) is 4.76. The normalized spacial score (nSPS) is 31.0. The van der Waals surface area contributed by atoms with Gasteiger partial charge < -0.3 is 14.5 Å². The van der Waals surface area contributed by atoms with Crippen molar-refractivity contribution in [3.05, 3.63) is 0 Å². The number of hydrogen-bond acceptors (Lipinski definition) is 3. The fourth-order valence-corrected chi connectivity index (χ4v) is 4.76. The molecule has 4 heteroatoms. The van der Waals surface area contributed by atoms with Gasteiger partial charge in [-0.3, -0.25) is 4.79 Å². The van der Waals surface area contributed by atoms with E-state index >= 15 is 0 Å². The van der Waals surface area contributed by atoms with E-state index in [4.69, 9.17) is 4.74 Å². The Morgan fingerprint density at radius 3 is 2.62 bits per heavy atom. The summed E-state index contributed by atoms with van der Waals surface area (Å²) in [6.07, 6.45) is 11.4. The first-order valence-electron chi connectivity index (χ1n) is 10.4. The predicted octanol–water partition coefficient (Wildman–Crippen LogP) is 3.31. The van der Waals surface area contributed by atoms with E-state index in [9.17, 15) is 4.79 Å². The highest BCUT2D eigenvalue weighted by molar-refractivity contribution is 5.79. The van der Waals surface area contributed by atoms with Crippen molar-refractivity contribution in [1.29, 1.82) is 0 Å². The summed E-state index contributed by atoms with van der Waals surface area (Å²) in [7, 11) is 0. The zero-order valence-electron chi connectivity index (χ0n) is 15.5. The van der Waals surface area contributed by atoms with Crippen LogP contribution in [-0.2, 0) is 9.53 Å². The van der Waals surface area contributed by atoms with E-state index in [0.29, 0.717) is 12.0 Å². The quantitative estimate of drug-likeness (QED) is 0.789. The molecule has 0 unspecified atom stereocenters. The Labute approximate surface area is 147 Å². The second kappa shape index (κ2) is 9.19. The Hall–Kier alpha value is -0.610. The van der Waals surface area contributed by atoms with Gasteiger partial charge in [0, 0.05) is 38.7 Å². The van der Waals surface area contributed by atoms with Gasteiger partial charge >= 0.3 is 0 Å². The molecule has 2 atom stereocenters. The SMILES string of the molecule is CC[C@@H]1C[C@H](C(=O)N2CCCN(CC3CCCCC3)CC2)CCO1. The Morgan fingerprint density at radius 1 is 1.00 bits per heavy atom. The molecule has 0 aromatic carbocycles. The van der Waals surface area contributed by atoms with Gasteiger partial charge in [0.05, 0.1) is 6.10 Å². The molecule has 3 fully saturated rings. The Kier molecular flexibility index (Phi) is 6.96. The smallest absolute Gasteiger partial charge is 0.225 e. The number of carbonyl (C=O) groups excluding carboxylic acids is 1. The first-order chi connectivity index (χ1) is 11.8. The van der Waals surface area contributed by atoms with E-state index in [0.717, 1.165) is 57.8 Å². The minimum Gasteiger partial charge on any atom is -0.378 e. The zero-order chi connectivity index (χ0) is 16.8. The molecule has 0 bridgehead atoms. The van der Waals surface area contributed by atoms with Gasteiger partial charge in [-0.2, -0.15) is 0 Å². The molecule has 0 spiro atoms. The van der Waals surface area contributed by atoms with Crippen LogP contribution < -0.4 is 0 Å². The Bertz CT molecular complexity index is 395. The molecule has 0 aromatic rings. The first-order valence-corrected chi connectivity index (χ1v) is 10.4. The summed E-state index contributed by atoms with van der Waals surface area (Å²) >= 11 is 0. The van der Waals surface area contributed by atoms with Gasteiger partial charge in [-0.05, 0) is 51.0 Å². The third-order valence-corrected chi connectivity index (χ3v) is 6.31. The van der Waals surface area contributed by atoms with Crippen molar-refractivity contribution in [2.45, 2.75) is 70.8 Å². The van der Waals surface area contributed by atoms with Crippen LogP contribution in [0.2, 0.25) is 0 Å². The van der Waals surface area contributed by atoms with Crippen molar-refractivity contribution in [3.63, 3.8) is 0 Å². The van der Waals surface area contributed by atoms with Crippen LogP contribution in [0, 0.1) is 11.8 Å². The van der Waals surface area contributed by atoms with Gasteiger partial charge in [0.15, 0.2) is 0 Å². The van der Waals surface area contributed by atoms with E-state index < -0.39 is 0 Å². The number of rotatable bonds is 4. The van der Waals surface area contributed by atoms with Crippen LogP contribution in [0.25, 0.3) is 0 Å². The molecule has 24 heavy (non-hydrogen) atoms. The highest BCUT2D eigenvalue weighted by atomic mass is 16.5. The molecule has 0 radical (unpaired) electrons. The second-order valence-electron chi connectivity index (χ2n) is 8.11. The molecule has 2 saturated heterocycles. The molecule has 4 nitrogen and oxygen atoms in total. The second-order valence-corrected chi connectivity index (χ2v) is 8.11. The number of amides is 1. The van der Waals surface area contributed by atoms with E-state index in [1.165, 1.54) is 45.2 Å². The maximum Gasteiger partial charge on any atom is 0.225 e. The number of ether oxygens (including phenoxy) is 1. The summed E-state index contributed by atoms with van der Waals surface area (Å²) in [6, 6.07) is 0. The fraction of sp³-hybridized carbons (Fsp3) is 0.950. The van der Waals surface area contributed by atoms with Gasteiger partial charge in [0.2, 0.25) is 5.91 Å². The lowest BCUT2D eigenvalue weighted by molar-refractivity contribution is -0.140. The van der Waals surface area contributed by atoms with Crippen molar-refractivity contribution < 1.29 is 9.53 Å². The third kappa shape index (κ3) is 4.95. The van der Waals surface area contributed by atoms with Gasteiger partial charge in [-0.1, -0.05) is 26.2 Å². The summed E-state index contributed by atoms with van der Waals surface area (Å²) in [5, 5.41) is 0. The van der Waals surface area contributed by atoms with Crippen LogP contribution >= 0.6 is 0 Å². The monoisotopic (exact) mass is 336 g/mol. The van der Waals surface area contributed by atoms with Crippen molar-refractivity contribution in [2.24, 2.45) is 11.8 Å². The lowest BCUT2D eigenvalue weighted by Crippen LogP contribution is -2.42. The van der Waals surface area contributed by atoms with Crippen LogP contribution in [0.3, 0.4) is 0 Å². The van der Waals surface area contributed by atoms with E-state index in [-0.39, 0.29) is 5.92 Å². The maximum atomic E-state index is 12.9. The molecule has 0 aromatic heterocycles. The van der Waals surface area contributed by atoms with Crippen LogP contribution in [-0.4, -0.2) is 61.1 Å². The summed E-state index contributed by atoms with van der Waals surface area (Å²) in [5.41, 5.74) is 0. The Morgan fingerprint density at radius 2 is 1.83 bits per heavy atom. The molecular weight excluding hydrogens is 300 g/mol. The molecule has 0 N–H and O–H groups in total. The standard InChI is InChI=1S/C20H36N2O2/c1-2-19-15-18(9-14-24-19)20(23)22-11-6-10-21(12-13-22)16-17-7-4-3-5-8-17/h17-19H,2-16H2,1H3/t18-,19-/m1/s1. The minimum atomic E-state index is 0.202. The lowest BCUT2D eigenvalue weighted by Gasteiger charge is -2.32. The number of carbonyl (C=O) groups is 1. The molecule has 138 valence electrons. The van der Waals surface area contributed by atoms with E-state index in [1.807, 2.05) is 0 Å². The van der Waals surface area contributed by atoms with Gasteiger partial charge in [0.1, 0.15) is 0 Å².